The monoisotopic (exact) mass is 417 g/mol. The summed E-state index contributed by atoms with van der Waals surface area (Å²) in [5, 5.41) is 11.0. The molecule has 2 aromatic heterocycles. The molecule has 1 N–H and O–H groups in total. The topological polar surface area (TPSA) is 90.5 Å². The Kier molecular flexibility index (Phi) is 5.53. The number of fused-ring (bicyclic) bond motifs is 1. The zero-order valence-electron chi connectivity index (χ0n) is 17.6. The number of aromatic nitrogens is 4. The number of hydrogen-bond acceptors (Lipinski definition) is 5. The maximum absolute atomic E-state index is 13.0. The summed E-state index contributed by atoms with van der Waals surface area (Å²) in [6.45, 7) is 3.98. The Labute approximate surface area is 179 Å². The summed E-state index contributed by atoms with van der Waals surface area (Å²) in [6, 6.07) is 13.1. The Hall–Kier alpha value is -3.94. The van der Waals surface area contributed by atoms with E-state index in [0.29, 0.717) is 23.7 Å². The largest absolute Gasteiger partial charge is 0.497 e. The van der Waals surface area contributed by atoms with Crippen molar-refractivity contribution in [2.45, 2.75) is 26.7 Å². The van der Waals surface area contributed by atoms with Crippen molar-refractivity contribution in [1.82, 2.24) is 19.2 Å². The lowest BCUT2D eigenvalue weighted by atomic mass is 10.1. The standard InChI is InChI=1S/C23H23N5O3/c1-15-11-16(2)13-18(12-15)27-9-10-28-20(25-26-22(28)23(27)30)7-8-21(29)24-17-5-4-6-19(14-17)31-3/h4-6,9-14H,7-8H2,1-3H3,(H,24,29). The summed E-state index contributed by atoms with van der Waals surface area (Å²) in [5.41, 5.74) is 3.56. The summed E-state index contributed by atoms with van der Waals surface area (Å²) in [7, 11) is 1.57. The van der Waals surface area contributed by atoms with Crippen molar-refractivity contribution in [3.8, 4) is 11.4 Å². The summed E-state index contributed by atoms with van der Waals surface area (Å²) in [4.78, 5) is 25.3. The minimum Gasteiger partial charge on any atom is -0.497 e. The first-order chi connectivity index (χ1) is 14.9. The van der Waals surface area contributed by atoms with Gasteiger partial charge in [0.1, 0.15) is 11.6 Å². The second kappa shape index (κ2) is 8.43. The number of nitrogens with zero attached hydrogens (tertiary/aromatic N) is 4. The predicted octanol–water partition coefficient (Wildman–Crippen LogP) is 3.08. The number of methoxy groups -OCH3 is 1. The van der Waals surface area contributed by atoms with E-state index in [4.69, 9.17) is 4.74 Å². The molecule has 8 nitrogen and oxygen atoms in total. The van der Waals surface area contributed by atoms with Gasteiger partial charge in [-0.05, 0) is 49.2 Å². The van der Waals surface area contributed by atoms with Gasteiger partial charge < -0.3 is 10.1 Å². The quantitative estimate of drug-likeness (QED) is 0.521. The van der Waals surface area contributed by atoms with Crippen molar-refractivity contribution in [2.75, 3.05) is 12.4 Å². The molecule has 0 radical (unpaired) electrons. The number of benzene rings is 2. The molecule has 0 aliphatic carbocycles. The van der Waals surface area contributed by atoms with Gasteiger partial charge in [-0.15, -0.1) is 10.2 Å². The van der Waals surface area contributed by atoms with Gasteiger partial charge >= 0.3 is 5.56 Å². The minimum atomic E-state index is -0.257. The molecule has 2 aromatic carbocycles. The van der Waals surface area contributed by atoms with Crippen molar-refractivity contribution in [3.05, 3.63) is 82.2 Å². The highest BCUT2D eigenvalue weighted by atomic mass is 16.5. The van der Waals surface area contributed by atoms with Crippen molar-refractivity contribution in [2.24, 2.45) is 0 Å². The van der Waals surface area contributed by atoms with Gasteiger partial charge in [-0.2, -0.15) is 0 Å². The molecular formula is C23H23N5O3. The van der Waals surface area contributed by atoms with E-state index in [1.807, 2.05) is 32.0 Å². The number of amides is 1. The van der Waals surface area contributed by atoms with E-state index < -0.39 is 0 Å². The zero-order valence-corrected chi connectivity index (χ0v) is 17.6. The van der Waals surface area contributed by atoms with Crippen molar-refractivity contribution in [3.63, 3.8) is 0 Å². The SMILES string of the molecule is COc1cccc(NC(=O)CCc2nnc3c(=O)n(-c4cc(C)cc(C)c4)ccn23)c1. The van der Waals surface area contributed by atoms with Crippen LogP contribution in [0.4, 0.5) is 5.69 Å². The minimum absolute atomic E-state index is 0.159. The van der Waals surface area contributed by atoms with E-state index in [-0.39, 0.29) is 23.5 Å². The van der Waals surface area contributed by atoms with Gasteiger partial charge in [0.2, 0.25) is 11.6 Å². The maximum atomic E-state index is 13.0. The number of anilines is 1. The van der Waals surface area contributed by atoms with Crippen LogP contribution < -0.4 is 15.6 Å². The third-order valence-corrected chi connectivity index (χ3v) is 4.96. The molecule has 0 spiro atoms. The fraction of sp³-hybridized carbons (Fsp3) is 0.217. The van der Waals surface area contributed by atoms with Crippen LogP contribution in [0.15, 0.2) is 59.7 Å². The van der Waals surface area contributed by atoms with Crippen molar-refractivity contribution in [1.29, 1.82) is 0 Å². The molecule has 1 amide bonds. The van der Waals surface area contributed by atoms with Crippen LogP contribution in [0.1, 0.15) is 23.4 Å². The molecule has 4 aromatic rings. The first kappa shape index (κ1) is 20.3. The molecule has 0 saturated carbocycles. The Morgan fingerprint density at radius 2 is 1.84 bits per heavy atom. The lowest BCUT2D eigenvalue weighted by Crippen LogP contribution is -2.20. The fourth-order valence-electron chi connectivity index (χ4n) is 3.55. The Bertz CT molecular complexity index is 1300. The molecule has 0 unspecified atom stereocenters. The average molecular weight is 417 g/mol. The fourth-order valence-corrected chi connectivity index (χ4v) is 3.55. The molecule has 0 saturated heterocycles. The third-order valence-electron chi connectivity index (χ3n) is 4.96. The number of carbonyl (C=O) groups excluding carboxylic acids is 1. The van der Waals surface area contributed by atoms with Gasteiger partial charge in [0.25, 0.3) is 0 Å². The first-order valence-electron chi connectivity index (χ1n) is 9.92. The van der Waals surface area contributed by atoms with Crippen LogP contribution in [0, 0.1) is 13.8 Å². The highest BCUT2D eigenvalue weighted by Gasteiger charge is 2.13. The zero-order chi connectivity index (χ0) is 22.0. The molecule has 0 aliphatic rings. The van der Waals surface area contributed by atoms with Crippen LogP contribution in [-0.2, 0) is 11.2 Å². The second-order valence-electron chi connectivity index (χ2n) is 7.41. The number of aryl methyl sites for hydroxylation is 3. The third kappa shape index (κ3) is 4.32. The van der Waals surface area contributed by atoms with Gasteiger partial charge in [0.15, 0.2) is 0 Å². The molecule has 4 rings (SSSR count). The number of carbonyl (C=O) groups is 1. The highest BCUT2D eigenvalue weighted by Crippen LogP contribution is 2.17. The normalized spacial score (nSPS) is 10.9. The number of rotatable bonds is 6. The smallest absolute Gasteiger partial charge is 0.300 e. The number of ether oxygens (including phenoxy) is 1. The molecule has 0 atom stereocenters. The van der Waals surface area contributed by atoms with Gasteiger partial charge in [0, 0.05) is 42.7 Å². The molecule has 158 valence electrons. The number of nitrogens with one attached hydrogen (secondary N) is 1. The van der Waals surface area contributed by atoms with Crippen LogP contribution in [-0.4, -0.2) is 32.2 Å². The lowest BCUT2D eigenvalue weighted by molar-refractivity contribution is -0.116. The van der Waals surface area contributed by atoms with Gasteiger partial charge in [-0.25, -0.2) is 0 Å². The van der Waals surface area contributed by atoms with Crippen molar-refractivity contribution >= 4 is 17.2 Å². The molecule has 31 heavy (non-hydrogen) atoms. The Morgan fingerprint density at radius 3 is 2.58 bits per heavy atom. The summed E-state index contributed by atoms with van der Waals surface area (Å²) in [6.07, 6.45) is 4.01. The van der Waals surface area contributed by atoms with Crippen LogP contribution >= 0.6 is 0 Å². The maximum Gasteiger partial charge on any atom is 0.300 e. The molecular weight excluding hydrogens is 394 g/mol. The van der Waals surface area contributed by atoms with Crippen LogP contribution in [0.2, 0.25) is 0 Å². The molecule has 0 aliphatic heterocycles. The molecule has 0 bridgehead atoms. The van der Waals surface area contributed by atoms with Gasteiger partial charge in [0.05, 0.1) is 7.11 Å². The summed E-state index contributed by atoms with van der Waals surface area (Å²) >= 11 is 0. The molecule has 0 fully saturated rings. The van der Waals surface area contributed by atoms with Crippen LogP contribution in [0.25, 0.3) is 11.3 Å². The van der Waals surface area contributed by atoms with E-state index in [9.17, 15) is 9.59 Å². The highest BCUT2D eigenvalue weighted by molar-refractivity contribution is 5.90. The Balaban J connectivity index is 1.52. The van der Waals surface area contributed by atoms with E-state index in [1.54, 1.807) is 46.7 Å². The first-order valence-corrected chi connectivity index (χ1v) is 9.92. The Morgan fingerprint density at radius 1 is 1.06 bits per heavy atom. The van der Waals surface area contributed by atoms with Gasteiger partial charge in [-0.1, -0.05) is 12.1 Å². The predicted molar refractivity (Wildman–Crippen MR) is 118 cm³/mol. The van der Waals surface area contributed by atoms with E-state index in [2.05, 4.69) is 21.6 Å². The lowest BCUT2D eigenvalue weighted by Gasteiger charge is -2.09. The van der Waals surface area contributed by atoms with Crippen LogP contribution in [0.3, 0.4) is 0 Å². The van der Waals surface area contributed by atoms with E-state index in [1.165, 1.54) is 0 Å². The summed E-state index contributed by atoms with van der Waals surface area (Å²) in [5.74, 6) is 1.07. The molecule has 2 heterocycles. The average Bonchev–Trinajstić information content (AvgIpc) is 3.16. The number of hydrogen-bond donors (Lipinski definition) is 1. The van der Waals surface area contributed by atoms with E-state index >= 15 is 0 Å². The molecule has 8 heteroatoms. The summed E-state index contributed by atoms with van der Waals surface area (Å²) < 4.78 is 8.36. The van der Waals surface area contributed by atoms with Crippen molar-refractivity contribution < 1.29 is 9.53 Å². The second-order valence-corrected chi connectivity index (χ2v) is 7.41. The van der Waals surface area contributed by atoms with E-state index in [0.717, 1.165) is 16.8 Å². The van der Waals surface area contributed by atoms with Crippen LogP contribution in [0.5, 0.6) is 5.75 Å². The van der Waals surface area contributed by atoms with Gasteiger partial charge in [-0.3, -0.25) is 18.6 Å².